The van der Waals surface area contributed by atoms with Crippen LogP contribution in [-0.4, -0.2) is 5.66 Å². The lowest BCUT2D eigenvalue weighted by atomic mass is 10.3. The number of hydrogen-bond acceptors (Lipinski definition) is 1. The van der Waals surface area contributed by atoms with Gasteiger partial charge in [0.15, 0.2) is 0 Å². The maximum absolute atomic E-state index is 13.8. The maximum Gasteiger partial charge on any atom is 0.146 e. The molecule has 20 heavy (non-hydrogen) atoms. The third-order valence-electron chi connectivity index (χ3n) is 3.42. The summed E-state index contributed by atoms with van der Waals surface area (Å²) in [5.41, 5.74) is -0.0719. The Bertz CT molecular complexity index is 578. The van der Waals surface area contributed by atoms with Crippen LogP contribution in [-0.2, 0) is 4.57 Å². The molecule has 0 N–H and O–H groups in total. The number of benzene rings is 2. The molecular formula is C17H18ClOP. The van der Waals surface area contributed by atoms with Crippen molar-refractivity contribution in [1.82, 2.24) is 0 Å². The van der Waals surface area contributed by atoms with Gasteiger partial charge in [0.1, 0.15) is 7.14 Å². The molecule has 104 valence electrons. The topological polar surface area (TPSA) is 17.1 Å². The van der Waals surface area contributed by atoms with Crippen LogP contribution in [0.3, 0.4) is 0 Å². The van der Waals surface area contributed by atoms with Crippen molar-refractivity contribution in [3.8, 4) is 0 Å². The second kappa shape index (κ2) is 6.43. The van der Waals surface area contributed by atoms with Crippen LogP contribution in [0.2, 0.25) is 0 Å². The molecule has 0 saturated carbocycles. The zero-order chi connectivity index (χ0) is 14.6. The Morgan fingerprint density at radius 1 is 1.05 bits per heavy atom. The second-order valence-corrected chi connectivity index (χ2v) is 8.66. The molecule has 0 aliphatic carbocycles. The fraction of sp³-hybridized carbons (Fsp3) is 0.176. The van der Waals surface area contributed by atoms with E-state index in [4.69, 9.17) is 11.6 Å². The van der Waals surface area contributed by atoms with Gasteiger partial charge in [-0.05, 0) is 6.42 Å². The van der Waals surface area contributed by atoms with Crippen LogP contribution in [0.15, 0.2) is 72.3 Å². The van der Waals surface area contributed by atoms with Crippen molar-refractivity contribution in [2.75, 3.05) is 0 Å². The first-order valence-electron chi connectivity index (χ1n) is 6.59. The highest BCUT2D eigenvalue weighted by Crippen LogP contribution is 2.50. The van der Waals surface area contributed by atoms with Crippen molar-refractivity contribution in [3.05, 3.63) is 72.3 Å². The van der Waals surface area contributed by atoms with E-state index in [2.05, 4.69) is 6.58 Å². The molecule has 0 radical (unpaired) electrons. The van der Waals surface area contributed by atoms with E-state index in [9.17, 15) is 4.57 Å². The fourth-order valence-electron chi connectivity index (χ4n) is 2.41. The summed E-state index contributed by atoms with van der Waals surface area (Å²) in [4.78, 5) is 0. The molecule has 0 bridgehead atoms. The molecule has 0 saturated heterocycles. The van der Waals surface area contributed by atoms with E-state index in [1.807, 2.05) is 67.6 Å². The highest BCUT2D eigenvalue weighted by atomic mass is 35.5. The Morgan fingerprint density at radius 3 is 1.80 bits per heavy atom. The Labute approximate surface area is 125 Å². The van der Waals surface area contributed by atoms with Gasteiger partial charge < -0.3 is 4.57 Å². The minimum Gasteiger partial charge on any atom is -0.313 e. The molecule has 0 aromatic heterocycles. The molecule has 0 spiro atoms. The summed E-state index contributed by atoms with van der Waals surface area (Å²) < 4.78 is 13.8. The van der Waals surface area contributed by atoms with E-state index in [1.54, 1.807) is 0 Å². The normalized spacial score (nSPS) is 12.9. The van der Waals surface area contributed by atoms with E-state index in [0.29, 0.717) is 11.5 Å². The molecule has 0 amide bonds. The van der Waals surface area contributed by atoms with Gasteiger partial charge in [0.2, 0.25) is 0 Å². The summed E-state index contributed by atoms with van der Waals surface area (Å²) in [7, 11) is -2.71. The van der Waals surface area contributed by atoms with Gasteiger partial charge in [-0.15, -0.1) is 0 Å². The van der Waals surface area contributed by atoms with E-state index < -0.39 is 7.14 Å². The second-order valence-electron chi connectivity index (χ2n) is 4.90. The summed E-state index contributed by atoms with van der Waals surface area (Å²) in [5.74, 6) is 0. The van der Waals surface area contributed by atoms with Gasteiger partial charge in [0.05, 0.1) is 0 Å². The van der Waals surface area contributed by atoms with Crippen LogP contribution < -0.4 is 10.6 Å². The Hall–Kier alpha value is -1.30. The predicted molar refractivity (Wildman–Crippen MR) is 88.8 cm³/mol. The number of rotatable bonds is 5. The molecule has 0 aliphatic heterocycles. The lowest BCUT2D eigenvalue weighted by Crippen LogP contribution is -2.24. The van der Waals surface area contributed by atoms with Gasteiger partial charge in [-0.2, -0.15) is 0 Å². The van der Waals surface area contributed by atoms with Crippen molar-refractivity contribution in [2.45, 2.75) is 19.0 Å². The third-order valence-corrected chi connectivity index (χ3v) is 7.13. The smallest absolute Gasteiger partial charge is 0.146 e. The molecule has 0 aliphatic rings. The van der Waals surface area contributed by atoms with Crippen molar-refractivity contribution >= 4 is 29.4 Å². The molecule has 3 heteroatoms. The van der Waals surface area contributed by atoms with Crippen LogP contribution in [0.25, 0.3) is 0 Å². The van der Waals surface area contributed by atoms with Crippen LogP contribution in [0.4, 0.5) is 0 Å². The SMILES string of the molecule is C=C(Cl)CC(C)P(=O)(c1ccccc1)c1ccccc1. The number of halogens is 1. The Morgan fingerprint density at radius 2 is 1.45 bits per heavy atom. The quantitative estimate of drug-likeness (QED) is 0.742. The van der Waals surface area contributed by atoms with Gasteiger partial charge >= 0.3 is 0 Å². The van der Waals surface area contributed by atoms with Crippen LogP contribution in [0.5, 0.6) is 0 Å². The first kappa shape index (κ1) is 15.1. The van der Waals surface area contributed by atoms with Gasteiger partial charge in [-0.25, -0.2) is 0 Å². The maximum atomic E-state index is 13.8. The largest absolute Gasteiger partial charge is 0.313 e. The molecule has 0 fully saturated rings. The zero-order valence-corrected chi connectivity index (χ0v) is 13.1. The minimum atomic E-state index is -2.71. The van der Waals surface area contributed by atoms with E-state index in [0.717, 1.165) is 10.6 Å². The molecule has 2 aromatic rings. The highest BCUT2D eigenvalue weighted by molar-refractivity contribution is 7.79. The van der Waals surface area contributed by atoms with Crippen molar-refractivity contribution < 1.29 is 4.57 Å². The summed E-state index contributed by atoms with van der Waals surface area (Å²) in [6, 6.07) is 19.3. The molecule has 0 heterocycles. The van der Waals surface area contributed by atoms with Gasteiger partial charge in [-0.1, -0.05) is 85.8 Å². The lowest BCUT2D eigenvalue weighted by molar-refractivity contribution is 0.579. The predicted octanol–water partition coefficient (Wildman–Crippen LogP) is 4.53. The highest BCUT2D eigenvalue weighted by Gasteiger charge is 2.33. The molecular weight excluding hydrogens is 287 g/mol. The molecule has 1 unspecified atom stereocenters. The average Bonchev–Trinajstić information content (AvgIpc) is 2.47. The van der Waals surface area contributed by atoms with E-state index >= 15 is 0 Å². The standard InChI is InChI=1S/C17H18ClOP/c1-14(18)13-15(2)20(19,16-9-5-3-6-10-16)17-11-7-4-8-12-17/h3-12,15H,1,13H2,2H3. The number of allylic oxidation sites excluding steroid dienone is 1. The van der Waals surface area contributed by atoms with Crippen molar-refractivity contribution in [3.63, 3.8) is 0 Å². The third kappa shape index (κ3) is 3.06. The molecule has 2 rings (SSSR count). The first-order valence-corrected chi connectivity index (χ1v) is 8.74. The Kier molecular flexibility index (Phi) is 4.86. The molecule has 1 atom stereocenters. The fourth-order valence-corrected chi connectivity index (χ4v) is 5.77. The molecule has 1 nitrogen and oxygen atoms in total. The van der Waals surface area contributed by atoms with Crippen LogP contribution in [0, 0.1) is 0 Å². The minimum absolute atomic E-state index is 0.0719. The summed E-state index contributed by atoms with van der Waals surface area (Å²) in [6.45, 7) is 5.72. The first-order chi connectivity index (χ1) is 9.55. The van der Waals surface area contributed by atoms with Gasteiger partial charge in [-0.3, -0.25) is 0 Å². The Balaban J connectivity index is 2.55. The van der Waals surface area contributed by atoms with E-state index in [-0.39, 0.29) is 5.66 Å². The number of hydrogen-bond donors (Lipinski definition) is 0. The molecule has 2 aromatic carbocycles. The summed E-state index contributed by atoms with van der Waals surface area (Å²) in [6.07, 6.45) is 0.544. The van der Waals surface area contributed by atoms with Gasteiger partial charge in [0, 0.05) is 21.3 Å². The van der Waals surface area contributed by atoms with Crippen molar-refractivity contribution in [1.29, 1.82) is 0 Å². The van der Waals surface area contributed by atoms with E-state index in [1.165, 1.54) is 0 Å². The van der Waals surface area contributed by atoms with Gasteiger partial charge in [0.25, 0.3) is 0 Å². The lowest BCUT2D eigenvalue weighted by Gasteiger charge is -2.25. The zero-order valence-electron chi connectivity index (χ0n) is 11.5. The summed E-state index contributed by atoms with van der Waals surface area (Å²) in [5, 5.41) is 2.29. The average molecular weight is 305 g/mol. The summed E-state index contributed by atoms with van der Waals surface area (Å²) >= 11 is 5.94. The van der Waals surface area contributed by atoms with Crippen molar-refractivity contribution in [2.24, 2.45) is 0 Å². The monoisotopic (exact) mass is 304 g/mol. The van der Waals surface area contributed by atoms with Crippen LogP contribution >= 0.6 is 18.7 Å². The van der Waals surface area contributed by atoms with Crippen LogP contribution in [0.1, 0.15) is 13.3 Å².